The van der Waals surface area contributed by atoms with Crippen LogP contribution in [-0.4, -0.2) is 11.8 Å². The third kappa shape index (κ3) is 2.02. The van der Waals surface area contributed by atoms with Gasteiger partial charge in [-0.2, -0.15) is 0 Å². The number of hydrogen-bond donors (Lipinski definition) is 1. The molecule has 0 aromatic carbocycles. The quantitative estimate of drug-likeness (QED) is 0.560. The van der Waals surface area contributed by atoms with E-state index in [4.69, 9.17) is 5.73 Å². The summed E-state index contributed by atoms with van der Waals surface area (Å²) in [6, 6.07) is 0. The zero-order chi connectivity index (χ0) is 8.48. The molecule has 0 fully saturated rings. The van der Waals surface area contributed by atoms with Gasteiger partial charge in [-0.3, -0.25) is 4.99 Å². The highest BCUT2D eigenvalue weighted by Gasteiger charge is 2.12. The van der Waals surface area contributed by atoms with Crippen LogP contribution in [0, 0.1) is 0 Å². The van der Waals surface area contributed by atoms with Gasteiger partial charge in [0.15, 0.2) is 0 Å². The van der Waals surface area contributed by atoms with Crippen LogP contribution in [0.3, 0.4) is 0 Å². The van der Waals surface area contributed by atoms with Gasteiger partial charge in [-0.25, -0.2) is 0 Å². The Bertz CT molecular complexity index is 220. The molecular formula is C9H14N2. The second kappa shape index (κ2) is 2.62. The van der Waals surface area contributed by atoms with Crippen LogP contribution in [0.25, 0.3) is 0 Å². The van der Waals surface area contributed by atoms with Gasteiger partial charge in [-0.05, 0) is 26.3 Å². The van der Waals surface area contributed by atoms with Crippen LogP contribution in [0.2, 0.25) is 0 Å². The molecule has 0 radical (unpaired) electrons. The normalized spacial score (nSPS) is 30.9. The fourth-order valence-corrected chi connectivity index (χ4v) is 0.806. The lowest BCUT2D eigenvalue weighted by Crippen LogP contribution is -2.34. The molecule has 1 aliphatic rings. The van der Waals surface area contributed by atoms with E-state index in [1.54, 1.807) is 6.21 Å². The molecule has 0 aromatic rings. The summed E-state index contributed by atoms with van der Waals surface area (Å²) >= 11 is 0. The average Bonchev–Trinajstić information content (AvgIpc) is 2.03. The molecule has 1 aliphatic heterocycles. The van der Waals surface area contributed by atoms with Crippen LogP contribution >= 0.6 is 0 Å². The van der Waals surface area contributed by atoms with Crippen LogP contribution in [0.5, 0.6) is 0 Å². The third-order valence-corrected chi connectivity index (χ3v) is 1.80. The van der Waals surface area contributed by atoms with E-state index >= 15 is 0 Å². The maximum atomic E-state index is 5.84. The minimum atomic E-state index is -0.390. The van der Waals surface area contributed by atoms with Gasteiger partial charge < -0.3 is 5.73 Å². The van der Waals surface area contributed by atoms with Crippen LogP contribution in [0.15, 0.2) is 28.4 Å². The monoisotopic (exact) mass is 150 g/mol. The van der Waals surface area contributed by atoms with Crippen molar-refractivity contribution >= 4 is 6.21 Å². The van der Waals surface area contributed by atoms with E-state index in [1.807, 2.05) is 32.9 Å². The number of allylic oxidation sites excluding steroid dienone is 3. The highest BCUT2D eigenvalue weighted by Crippen LogP contribution is 2.12. The fraction of sp³-hybridized carbons (Fsp3) is 0.444. The molecule has 60 valence electrons. The summed E-state index contributed by atoms with van der Waals surface area (Å²) in [7, 11) is 0. The van der Waals surface area contributed by atoms with E-state index in [1.165, 1.54) is 5.57 Å². The fourth-order valence-electron chi connectivity index (χ4n) is 0.806. The second-order valence-corrected chi connectivity index (χ2v) is 3.23. The number of rotatable bonds is 0. The molecule has 2 nitrogen and oxygen atoms in total. The lowest BCUT2D eigenvalue weighted by atomic mass is 10.1. The van der Waals surface area contributed by atoms with Crippen molar-refractivity contribution in [2.75, 3.05) is 0 Å². The summed E-state index contributed by atoms with van der Waals surface area (Å²) in [5.74, 6) is 0. The van der Waals surface area contributed by atoms with Crippen molar-refractivity contribution in [3.8, 4) is 0 Å². The Balaban J connectivity index is 3.01. The van der Waals surface area contributed by atoms with Gasteiger partial charge in [0.25, 0.3) is 0 Å². The van der Waals surface area contributed by atoms with Gasteiger partial charge in [-0.1, -0.05) is 12.2 Å². The van der Waals surface area contributed by atoms with E-state index in [0.717, 1.165) is 5.70 Å². The number of nitrogens with two attached hydrogens (primary N) is 1. The molecule has 0 saturated heterocycles. The maximum Gasteiger partial charge on any atom is 0.0673 e. The SMILES string of the molecule is CC1=C(C)N=CC(C)(N)C=C1. The van der Waals surface area contributed by atoms with E-state index in [9.17, 15) is 0 Å². The highest BCUT2D eigenvalue weighted by molar-refractivity contribution is 5.74. The zero-order valence-electron chi connectivity index (χ0n) is 7.26. The van der Waals surface area contributed by atoms with E-state index in [2.05, 4.69) is 4.99 Å². The van der Waals surface area contributed by atoms with E-state index in [0.29, 0.717) is 0 Å². The Labute approximate surface area is 67.5 Å². The number of aliphatic imine (C=N–C) groups is 1. The lowest BCUT2D eigenvalue weighted by molar-refractivity contribution is 0.800. The summed E-state index contributed by atoms with van der Waals surface area (Å²) in [6.45, 7) is 5.95. The molecule has 1 heterocycles. The van der Waals surface area contributed by atoms with Gasteiger partial charge in [0.05, 0.1) is 5.54 Å². The van der Waals surface area contributed by atoms with E-state index in [-0.39, 0.29) is 5.54 Å². The first-order valence-electron chi connectivity index (χ1n) is 3.72. The molecule has 2 heteroatoms. The minimum absolute atomic E-state index is 0.390. The molecule has 1 atom stereocenters. The lowest BCUT2D eigenvalue weighted by Gasteiger charge is -2.11. The maximum absolute atomic E-state index is 5.84. The Morgan fingerprint density at radius 3 is 2.73 bits per heavy atom. The Hall–Kier alpha value is -0.890. The second-order valence-electron chi connectivity index (χ2n) is 3.23. The topological polar surface area (TPSA) is 38.4 Å². The molecule has 0 aromatic heterocycles. The predicted octanol–water partition coefficient (Wildman–Crippen LogP) is 1.64. The van der Waals surface area contributed by atoms with Gasteiger partial charge in [-0.15, -0.1) is 0 Å². The van der Waals surface area contributed by atoms with Crippen molar-refractivity contribution in [3.63, 3.8) is 0 Å². The summed E-state index contributed by atoms with van der Waals surface area (Å²) in [5.41, 5.74) is 7.66. The van der Waals surface area contributed by atoms with Gasteiger partial charge >= 0.3 is 0 Å². The van der Waals surface area contributed by atoms with Gasteiger partial charge in [0.1, 0.15) is 0 Å². The molecule has 0 bridgehead atoms. The van der Waals surface area contributed by atoms with Crippen molar-refractivity contribution < 1.29 is 0 Å². The average molecular weight is 150 g/mol. The number of hydrogen-bond acceptors (Lipinski definition) is 2. The summed E-state index contributed by atoms with van der Waals surface area (Å²) in [6.07, 6.45) is 5.75. The molecular weight excluding hydrogens is 136 g/mol. The molecule has 2 N–H and O–H groups in total. The van der Waals surface area contributed by atoms with Crippen LogP contribution in [0.4, 0.5) is 0 Å². The van der Waals surface area contributed by atoms with Crippen molar-refractivity contribution in [3.05, 3.63) is 23.4 Å². The molecule has 0 spiro atoms. The first kappa shape index (κ1) is 8.21. The Kier molecular flexibility index (Phi) is 1.96. The van der Waals surface area contributed by atoms with Crippen molar-refractivity contribution in [1.82, 2.24) is 0 Å². The zero-order valence-corrected chi connectivity index (χ0v) is 7.26. The minimum Gasteiger partial charge on any atom is -0.318 e. The molecule has 0 amide bonds. The molecule has 0 saturated carbocycles. The van der Waals surface area contributed by atoms with Crippen LogP contribution < -0.4 is 5.73 Å². The van der Waals surface area contributed by atoms with Crippen LogP contribution in [-0.2, 0) is 0 Å². The molecule has 1 unspecified atom stereocenters. The highest BCUT2D eigenvalue weighted by atomic mass is 14.8. The largest absolute Gasteiger partial charge is 0.318 e. The molecule has 11 heavy (non-hydrogen) atoms. The smallest absolute Gasteiger partial charge is 0.0673 e. The first-order chi connectivity index (χ1) is 5.01. The number of nitrogens with zero attached hydrogens (tertiary/aromatic N) is 1. The van der Waals surface area contributed by atoms with Crippen molar-refractivity contribution in [2.24, 2.45) is 10.7 Å². The standard InChI is InChI=1S/C9H14N2/c1-7-4-5-9(3,10)6-11-8(7)2/h4-6H,10H2,1-3H3. The van der Waals surface area contributed by atoms with E-state index < -0.39 is 0 Å². The Morgan fingerprint density at radius 1 is 1.45 bits per heavy atom. The molecule has 1 rings (SSSR count). The van der Waals surface area contributed by atoms with Crippen molar-refractivity contribution in [2.45, 2.75) is 26.3 Å². The van der Waals surface area contributed by atoms with Crippen molar-refractivity contribution in [1.29, 1.82) is 0 Å². The predicted molar refractivity (Wildman–Crippen MR) is 48.6 cm³/mol. The third-order valence-electron chi connectivity index (χ3n) is 1.80. The Morgan fingerprint density at radius 2 is 2.09 bits per heavy atom. The summed E-state index contributed by atoms with van der Waals surface area (Å²) in [5, 5.41) is 0. The van der Waals surface area contributed by atoms with Gasteiger partial charge in [0.2, 0.25) is 0 Å². The molecule has 0 aliphatic carbocycles. The van der Waals surface area contributed by atoms with Crippen LogP contribution in [0.1, 0.15) is 20.8 Å². The summed E-state index contributed by atoms with van der Waals surface area (Å²) < 4.78 is 0. The first-order valence-corrected chi connectivity index (χ1v) is 3.72. The van der Waals surface area contributed by atoms with Gasteiger partial charge in [0, 0.05) is 11.9 Å². The summed E-state index contributed by atoms with van der Waals surface area (Å²) in [4.78, 5) is 4.22.